The molecule has 102 valence electrons. The van der Waals surface area contributed by atoms with Crippen molar-refractivity contribution in [2.75, 3.05) is 11.6 Å². The topological polar surface area (TPSA) is 92.9 Å². The second-order valence-electron chi connectivity index (χ2n) is 4.18. The maximum Gasteiger partial charge on any atom is 0.352 e. The molecule has 0 saturated heterocycles. The second-order valence-corrected chi connectivity index (χ2v) is 5.06. The molecule has 1 atom stereocenters. The molecular weight excluding hydrogens is 278 g/mol. The van der Waals surface area contributed by atoms with Crippen LogP contribution >= 0.6 is 11.8 Å². The van der Waals surface area contributed by atoms with Gasteiger partial charge < -0.3 is 10.4 Å². The van der Waals surface area contributed by atoms with Crippen molar-refractivity contribution in [3.63, 3.8) is 0 Å². The fourth-order valence-corrected chi connectivity index (χ4v) is 2.43. The number of thioether (sulfide) groups is 1. The molecule has 0 amide bonds. The summed E-state index contributed by atoms with van der Waals surface area (Å²) in [6, 6.07) is 7.54. The van der Waals surface area contributed by atoms with E-state index >= 15 is 0 Å². The maximum atomic E-state index is 11.2. The number of hydrogen-bond acceptors (Lipinski definition) is 6. The number of carboxylic acids is 1. The third kappa shape index (κ3) is 2.14. The van der Waals surface area contributed by atoms with Crippen molar-refractivity contribution >= 4 is 23.7 Å². The van der Waals surface area contributed by atoms with Crippen LogP contribution in [0.5, 0.6) is 0 Å². The van der Waals surface area contributed by atoms with Crippen LogP contribution in [0.15, 0.2) is 40.9 Å². The van der Waals surface area contributed by atoms with Crippen LogP contribution in [-0.2, 0) is 4.79 Å². The van der Waals surface area contributed by atoms with Crippen molar-refractivity contribution in [2.45, 2.75) is 10.9 Å². The lowest BCUT2D eigenvalue weighted by molar-refractivity contribution is -0.132. The van der Waals surface area contributed by atoms with E-state index in [0.29, 0.717) is 5.95 Å². The molecule has 0 bridgehead atoms. The van der Waals surface area contributed by atoms with Gasteiger partial charge in [0.05, 0.1) is 0 Å². The van der Waals surface area contributed by atoms with Gasteiger partial charge in [-0.2, -0.15) is 4.68 Å². The molecule has 3 rings (SSSR count). The third-order valence-electron chi connectivity index (χ3n) is 3.02. The van der Waals surface area contributed by atoms with E-state index in [1.807, 2.05) is 30.5 Å². The minimum atomic E-state index is -1.04. The SMILES string of the molecule is CSc1ccc(C2C=C(C(=O)O)Nc3nnnn32)cc1. The first kappa shape index (κ1) is 12.7. The largest absolute Gasteiger partial charge is 0.477 e. The normalized spacial score (nSPS) is 17.1. The standard InChI is InChI=1S/C12H11N5O2S/c1-20-8-4-2-7(3-5-8)10-6-9(11(18)19)13-12-14-15-16-17(10)12/h2-6,10H,1H3,(H,18,19)(H,13,14,16). The summed E-state index contributed by atoms with van der Waals surface area (Å²) in [5, 5.41) is 23.1. The molecule has 0 saturated carbocycles. The number of carbonyl (C=O) groups is 1. The molecule has 1 aliphatic rings. The summed E-state index contributed by atoms with van der Waals surface area (Å²) in [5.41, 5.74) is 1.00. The highest BCUT2D eigenvalue weighted by atomic mass is 32.2. The molecule has 2 N–H and O–H groups in total. The fraction of sp³-hybridized carbons (Fsp3) is 0.167. The van der Waals surface area contributed by atoms with Gasteiger partial charge in [0, 0.05) is 4.90 Å². The van der Waals surface area contributed by atoms with Crippen LogP contribution in [0.3, 0.4) is 0 Å². The first-order valence-corrected chi connectivity index (χ1v) is 7.05. The molecule has 7 nitrogen and oxygen atoms in total. The summed E-state index contributed by atoms with van der Waals surface area (Å²) < 4.78 is 1.56. The Bertz CT molecular complexity index is 679. The lowest BCUT2D eigenvalue weighted by Gasteiger charge is -2.21. The Morgan fingerprint density at radius 3 is 2.80 bits per heavy atom. The van der Waals surface area contributed by atoms with Gasteiger partial charge in [-0.25, -0.2) is 4.79 Å². The Kier molecular flexibility index (Phi) is 3.15. The van der Waals surface area contributed by atoms with Gasteiger partial charge in [-0.05, 0) is 40.5 Å². The number of fused-ring (bicyclic) bond motifs is 1. The van der Waals surface area contributed by atoms with Gasteiger partial charge in [-0.3, -0.25) is 0 Å². The minimum absolute atomic E-state index is 0.0752. The number of hydrogen-bond donors (Lipinski definition) is 2. The molecule has 0 aliphatic carbocycles. The lowest BCUT2D eigenvalue weighted by Crippen LogP contribution is -2.24. The molecule has 8 heteroatoms. The number of allylic oxidation sites excluding steroid dienone is 1. The van der Waals surface area contributed by atoms with Gasteiger partial charge in [-0.15, -0.1) is 11.8 Å². The summed E-state index contributed by atoms with van der Waals surface area (Å²) in [5.74, 6) is -0.714. The van der Waals surface area contributed by atoms with Crippen LogP contribution in [0.2, 0.25) is 0 Å². The Hall–Kier alpha value is -2.35. The van der Waals surface area contributed by atoms with Crippen LogP contribution in [0.4, 0.5) is 5.95 Å². The quantitative estimate of drug-likeness (QED) is 0.824. The van der Waals surface area contributed by atoms with Crippen LogP contribution in [0.25, 0.3) is 0 Å². The Morgan fingerprint density at radius 1 is 1.40 bits per heavy atom. The van der Waals surface area contributed by atoms with E-state index in [1.165, 1.54) is 0 Å². The zero-order valence-electron chi connectivity index (χ0n) is 10.5. The van der Waals surface area contributed by atoms with E-state index in [0.717, 1.165) is 10.5 Å². The Morgan fingerprint density at radius 2 is 2.15 bits per heavy atom. The third-order valence-corrected chi connectivity index (χ3v) is 3.76. The van der Waals surface area contributed by atoms with Gasteiger partial charge >= 0.3 is 5.97 Å². The smallest absolute Gasteiger partial charge is 0.352 e. The van der Waals surface area contributed by atoms with Gasteiger partial charge in [0.25, 0.3) is 0 Å². The van der Waals surface area contributed by atoms with Crippen LogP contribution in [-0.4, -0.2) is 37.5 Å². The average molecular weight is 289 g/mol. The highest BCUT2D eigenvalue weighted by molar-refractivity contribution is 7.98. The minimum Gasteiger partial charge on any atom is -0.477 e. The van der Waals surface area contributed by atoms with Crippen molar-refractivity contribution in [2.24, 2.45) is 0 Å². The van der Waals surface area contributed by atoms with Crippen molar-refractivity contribution in [1.29, 1.82) is 0 Å². The van der Waals surface area contributed by atoms with Crippen LogP contribution in [0.1, 0.15) is 11.6 Å². The fourth-order valence-electron chi connectivity index (χ4n) is 2.02. The molecule has 0 spiro atoms. The first-order valence-electron chi connectivity index (χ1n) is 5.83. The number of aliphatic carboxylic acids is 1. The molecular formula is C12H11N5O2S. The van der Waals surface area contributed by atoms with E-state index in [9.17, 15) is 4.79 Å². The molecule has 2 aromatic rings. The van der Waals surface area contributed by atoms with E-state index in [-0.39, 0.29) is 11.7 Å². The number of tetrazole rings is 1. The first-order chi connectivity index (χ1) is 9.69. The van der Waals surface area contributed by atoms with Crippen molar-refractivity contribution in [1.82, 2.24) is 20.2 Å². The Balaban J connectivity index is 2.04. The lowest BCUT2D eigenvalue weighted by atomic mass is 10.0. The molecule has 1 aromatic heterocycles. The number of aromatic nitrogens is 4. The number of anilines is 1. The maximum absolute atomic E-state index is 11.2. The molecule has 0 radical (unpaired) electrons. The molecule has 1 unspecified atom stereocenters. The number of nitrogens with zero attached hydrogens (tertiary/aromatic N) is 4. The van der Waals surface area contributed by atoms with E-state index in [2.05, 4.69) is 20.8 Å². The summed E-state index contributed by atoms with van der Waals surface area (Å²) in [4.78, 5) is 12.3. The summed E-state index contributed by atoms with van der Waals surface area (Å²) in [6.45, 7) is 0. The highest BCUT2D eigenvalue weighted by Crippen LogP contribution is 2.28. The van der Waals surface area contributed by atoms with Crippen LogP contribution < -0.4 is 5.32 Å². The number of benzene rings is 1. The summed E-state index contributed by atoms with van der Waals surface area (Å²) in [6.07, 6.45) is 3.60. The highest BCUT2D eigenvalue weighted by Gasteiger charge is 2.26. The second kappa shape index (κ2) is 4.97. The molecule has 0 fully saturated rings. The monoisotopic (exact) mass is 289 g/mol. The predicted molar refractivity (Wildman–Crippen MR) is 73.5 cm³/mol. The average Bonchev–Trinajstić information content (AvgIpc) is 2.94. The predicted octanol–water partition coefficient (Wildman–Crippen LogP) is 1.38. The van der Waals surface area contributed by atoms with Gasteiger partial charge in [0.2, 0.25) is 5.95 Å². The van der Waals surface area contributed by atoms with Crippen molar-refractivity contribution < 1.29 is 9.90 Å². The zero-order valence-corrected chi connectivity index (χ0v) is 11.3. The van der Waals surface area contributed by atoms with E-state index in [1.54, 1.807) is 22.5 Å². The summed E-state index contributed by atoms with van der Waals surface area (Å²) >= 11 is 1.65. The van der Waals surface area contributed by atoms with E-state index < -0.39 is 5.97 Å². The van der Waals surface area contributed by atoms with E-state index in [4.69, 9.17) is 5.11 Å². The zero-order chi connectivity index (χ0) is 14.1. The summed E-state index contributed by atoms with van der Waals surface area (Å²) in [7, 11) is 0. The molecule has 1 aliphatic heterocycles. The van der Waals surface area contributed by atoms with Gasteiger partial charge in [-0.1, -0.05) is 17.2 Å². The molecule has 1 aromatic carbocycles. The number of nitrogens with one attached hydrogen (secondary N) is 1. The molecule has 20 heavy (non-hydrogen) atoms. The van der Waals surface area contributed by atoms with Gasteiger partial charge in [0.15, 0.2) is 0 Å². The number of rotatable bonds is 3. The van der Waals surface area contributed by atoms with Crippen molar-refractivity contribution in [3.8, 4) is 0 Å². The van der Waals surface area contributed by atoms with Crippen molar-refractivity contribution in [3.05, 3.63) is 41.6 Å². The number of carboxylic acid groups (broad SMARTS) is 1. The molecule has 2 heterocycles. The van der Waals surface area contributed by atoms with Gasteiger partial charge in [0.1, 0.15) is 11.7 Å². The van der Waals surface area contributed by atoms with Crippen LogP contribution in [0, 0.1) is 0 Å². The Labute approximate surface area is 118 Å².